The molecular weight excluding hydrogens is 399 g/mol. The van der Waals surface area contributed by atoms with E-state index >= 15 is 0 Å². The van der Waals surface area contributed by atoms with Gasteiger partial charge in [-0.25, -0.2) is 0 Å². The fraction of sp³-hybridized carbons (Fsp3) is 0.619. The minimum atomic E-state index is -4.74. The predicted octanol–water partition coefficient (Wildman–Crippen LogP) is 3.02. The van der Waals surface area contributed by atoms with Gasteiger partial charge in [0.15, 0.2) is 0 Å². The van der Waals surface area contributed by atoms with E-state index in [1.807, 2.05) is 0 Å². The first kappa shape index (κ1) is 22.4. The van der Waals surface area contributed by atoms with Gasteiger partial charge in [-0.05, 0) is 68.7 Å². The van der Waals surface area contributed by atoms with E-state index in [0.717, 1.165) is 45.1 Å². The Balaban J connectivity index is 1.36. The first-order chi connectivity index (χ1) is 14.3. The van der Waals surface area contributed by atoms with Gasteiger partial charge in [-0.1, -0.05) is 12.1 Å². The maximum atomic E-state index is 12.3. The number of hydrogen-bond acceptors (Lipinski definition) is 4. The molecule has 30 heavy (non-hydrogen) atoms. The average Bonchev–Trinajstić information content (AvgIpc) is 3.22. The quantitative estimate of drug-likeness (QED) is 0.625. The highest BCUT2D eigenvalue weighted by molar-refractivity contribution is 5.82. The lowest BCUT2D eigenvalue weighted by atomic mass is 9.84. The van der Waals surface area contributed by atoms with Crippen molar-refractivity contribution in [3.05, 3.63) is 29.8 Å². The second kappa shape index (κ2) is 10.1. The lowest BCUT2D eigenvalue weighted by Crippen LogP contribution is -2.46. The van der Waals surface area contributed by atoms with Gasteiger partial charge in [0.25, 0.3) is 0 Å². The van der Waals surface area contributed by atoms with Gasteiger partial charge in [-0.3, -0.25) is 9.59 Å². The van der Waals surface area contributed by atoms with Crippen LogP contribution in [0.3, 0.4) is 0 Å². The van der Waals surface area contributed by atoms with Crippen LogP contribution in [-0.2, 0) is 16.1 Å². The van der Waals surface area contributed by atoms with E-state index in [2.05, 4.69) is 20.7 Å². The molecule has 2 amide bonds. The average molecular weight is 427 g/mol. The van der Waals surface area contributed by atoms with E-state index < -0.39 is 6.36 Å². The number of nitrogens with one attached hydrogen (secondary N) is 3. The highest BCUT2D eigenvalue weighted by Crippen LogP contribution is 2.27. The molecule has 0 aromatic heterocycles. The summed E-state index contributed by atoms with van der Waals surface area (Å²) in [5, 5.41) is 9.07. The van der Waals surface area contributed by atoms with Gasteiger partial charge in [-0.2, -0.15) is 0 Å². The Bertz CT molecular complexity index is 728. The van der Waals surface area contributed by atoms with Crippen molar-refractivity contribution in [2.75, 3.05) is 6.54 Å². The van der Waals surface area contributed by atoms with E-state index in [1.54, 1.807) is 6.07 Å². The summed E-state index contributed by atoms with van der Waals surface area (Å²) >= 11 is 0. The van der Waals surface area contributed by atoms with E-state index in [4.69, 9.17) is 0 Å². The zero-order valence-electron chi connectivity index (χ0n) is 16.8. The zero-order valence-corrected chi connectivity index (χ0v) is 16.8. The third kappa shape index (κ3) is 7.19. The van der Waals surface area contributed by atoms with Crippen molar-refractivity contribution in [3.63, 3.8) is 0 Å². The summed E-state index contributed by atoms with van der Waals surface area (Å²) in [4.78, 5) is 24.4. The summed E-state index contributed by atoms with van der Waals surface area (Å²) in [6.45, 7) is 1.03. The molecule has 3 rings (SSSR count). The summed E-state index contributed by atoms with van der Waals surface area (Å²) in [6, 6.07) is 5.67. The summed E-state index contributed by atoms with van der Waals surface area (Å²) in [5.41, 5.74) is 0.539. The second-order valence-electron chi connectivity index (χ2n) is 8.05. The molecule has 2 aliphatic rings. The molecule has 6 nitrogen and oxygen atoms in total. The fourth-order valence-corrected chi connectivity index (χ4v) is 4.11. The first-order valence-corrected chi connectivity index (χ1v) is 10.4. The molecule has 1 aromatic rings. The number of carbonyl (C=O) groups excluding carboxylic acids is 2. The van der Waals surface area contributed by atoms with Crippen molar-refractivity contribution in [3.8, 4) is 5.75 Å². The SMILES string of the molecule is O=C(CC1CCC(NC(=O)C2CCCN2)CC1)NCc1cccc(OC(F)(F)F)c1. The molecule has 2 fully saturated rings. The van der Waals surface area contributed by atoms with E-state index in [-0.39, 0.29) is 42.1 Å². The lowest BCUT2D eigenvalue weighted by molar-refractivity contribution is -0.274. The van der Waals surface area contributed by atoms with Crippen LogP contribution in [0.15, 0.2) is 24.3 Å². The number of ether oxygens (including phenoxy) is 1. The van der Waals surface area contributed by atoms with Crippen LogP contribution in [0.1, 0.15) is 50.5 Å². The van der Waals surface area contributed by atoms with Crippen molar-refractivity contribution in [1.82, 2.24) is 16.0 Å². The standard InChI is InChI=1S/C21H28F3N3O3/c22-21(23,24)30-17-4-1-3-15(11-17)13-26-19(28)12-14-6-8-16(9-7-14)27-20(29)18-5-2-10-25-18/h1,3-4,11,14,16,18,25H,2,5-10,12-13H2,(H,26,28)(H,27,29). The molecule has 1 aliphatic heterocycles. The van der Waals surface area contributed by atoms with Crippen LogP contribution >= 0.6 is 0 Å². The molecule has 1 saturated heterocycles. The van der Waals surface area contributed by atoms with E-state index in [1.165, 1.54) is 18.2 Å². The molecule has 1 aliphatic carbocycles. The second-order valence-corrected chi connectivity index (χ2v) is 8.05. The van der Waals surface area contributed by atoms with Gasteiger partial charge in [0.1, 0.15) is 5.75 Å². The third-order valence-electron chi connectivity index (χ3n) is 5.67. The van der Waals surface area contributed by atoms with Crippen LogP contribution in [0.25, 0.3) is 0 Å². The third-order valence-corrected chi connectivity index (χ3v) is 5.67. The number of amides is 2. The maximum Gasteiger partial charge on any atom is 0.573 e. The highest BCUT2D eigenvalue weighted by Gasteiger charge is 2.31. The molecule has 166 valence electrons. The van der Waals surface area contributed by atoms with Crippen LogP contribution in [-0.4, -0.2) is 36.8 Å². The molecule has 0 bridgehead atoms. The molecule has 0 radical (unpaired) electrons. The van der Waals surface area contributed by atoms with E-state index in [0.29, 0.717) is 12.0 Å². The Morgan fingerprint density at radius 2 is 1.90 bits per heavy atom. The maximum absolute atomic E-state index is 12.3. The van der Waals surface area contributed by atoms with E-state index in [9.17, 15) is 22.8 Å². The van der Waals surface area contributed by atoms with Crippen LogP contribution in [0, 0.1) is 5.92 Å². The Morgan fingerprint density at radius 1 is 1.13 bits per heavy atom. The zero-order chi connectivity index (χ0) is 21.6. The van der Waals surface area contributed by atoms with Gasteiger partial charge in [-0.15, -0.1) is 13.2 Å². The fourth-order valence-electron chi connectivity index (χ4n) is 4.11. The Labute approximate surface area is 173 Å². The van der Waals surface area contributed by atoms with Crippen LogP contribution in [0.5, 0.6) is 5.75 Å². The van der Waals surface area contributed by atoms with Crippen molar-refractivity contribution < 1.29 is 27.5 Å². The molecule has 1 saturated carbocycles. The summed E-state index contributed by atoms with van der Waals surface area (Å²) in [7, 11) is 0. The molecular formula is C21H28F3N3O3. The van der Waals surface area contributed by atoms with Gasteiger partial charge < -0.3 is 20.7 Å². The number of rotatable bonds is 7. The minimum Gasteiger partial charge on any atom is -0.406 e. The molecule has 1 unspecified atom stereocenters. The summed E-state index contributed by atoms with van der Waals surface area (Å²) in [6.07, 6.45) is 0.987. The number of halogens is 3. The molecule has 1 aromatic carbocycles. The van der Waals surface area contributed by atoms with Crippen LogP contribution in [0.4, 0.5) is 13.2 Å². The Kier molecular flexibility index (Phi) is 7.58. The number of alkyl halides is 3. The number of benzene rings is 1. The molecule has 0 spiro atoms. The monoisotopic (exact) mass is 427 g/mol. The topological polar surface area (TPSA) is 79.5 Å². The lowest BCUT2D eigenvalue weighted by Gasteiger charge is -2.29. The van der Waals surface area contributed by atoms with Crippen LogP contribution < -0.4 is 20.7 Å². The Hall–Kier alpha value is -2.29. The first-order valence-electron chi connectivity index (χ1n) is 10.4. The highest BCUT2D eigenvalue weighted by atomic mass is 19.4. The summed E-state index contributed by atoms with van der Waals surface area (Å²) in [5.74, 6) is -0.102. The van der Waals surface area contributed by atoms with Gasteiger partial charge >= 0.3 is 6.36 Å². The normalized spacial score (nSPS) is 24.3. The smallest absolute Gasteiger partial charge is 0.406 e. The van der Waals surface area contributed by atoms with Crippen molar-refractivity contribution in [1.29, 1.82) is 0 Å². The number of hydrogen-bond donors (Lipinski definition) is 3. The molecule has 9 heteroatoms. The Morgan fingerprint density at radius 3 is 2.57 bits per heavy atom. The minimum absolute atomic E-state index is 0.0745. The molecule has 1 heterocycles. The molecule has 3 N–H and O–H groups in total. The van der Waals surface area contributed by atoms with Crippen molar-refractivity contribution in [2.45, 2.75) is 69.9 Å². The van der Waals surface area contributed by atoms with Gasteiger partial charge in [0.05, 0.1) is 6.04 Å². The van der Waals surface area contributed by atoms with Crippen molar-refractivity contribution >= 4 is 11.8 Å². The number of carbonyl (C=O) groups is 2. The predicted molar refractivity (Wildman–Crippen MR) is 105 cm³/mol. The summed E-state index contributed by atoms with van der Waals surface area (Å²) < 4.78 is 40.8. The van der Waals surface area contributed by atoms with Crippen LogP contribution in [0.2, 0.25) is 0 Å². The van der Waals surface area contributed by atoms with Crippen molar-refractivity contribution in [2.24, 2.45) is 5.92 Å². The van der Waals surface area contributed by atoms with Gasteiger partial charge in [0, 0.05) is 19.0 Å². The largest absolute Gasteiger partial charge is 0.573 e. The van der Waals surface area contributed by atoms with Gasteiger partial charge in [0.2, 0.25) is 11.8 Å². The molecule has 1 atom stereocenters.